The lowest BCUT2D eigenvalue weighted by molar-refractivity contribution is -0.0613. The summed E-state index contributed by atoms with van der Waals surface area (Å²) in [6.45, 7) is 3.24. The molecule has 0 aromatic heterocycles. The van der Waals surface area contributed by atoms with Crippen LogP contribution < -0.4 is 5.73 Å². The zero-order chi connectivity index (χ0) is 14.4. The molecule has 5 nitrogen and oxygen atoms in total. The molecule has 106 valence electrons. The van der Waals surface area contributed by atoms with Crippen LogP contribution in [0.4, 0.5) is 10.1 Å². The largest absolute Gasteiger partial charge is 0.399 e. The molecular weight excluding hydrogens is 271 g/mol. The number of halogens is 1. The molecule has 0 aliphatic carbocycles. The third-order valence-electron chi connectivity index (χ3n) is 3.54. The van der Waals surface area contributed by atoms with E-state index < -0.39 is 21.4 Å². The molecule has 0 saturated carbocycles. The molecule has 3 N–H and O–H groups in total. The molecule has 1 aromatic rings. The average molecular weight is 288 g/mol. The molecule has 19 heavy (non-hydrogen) atoms. The van der Waals surface area contributed by atoms with E-state index in [4.69, 9.17) is 5.73 Å². The van der Waals surface area contributed by atoms with E-state index in [0.29, 0.717) is 6.42 Å². The first kappa shape index (κ1) is 14.2. The van der Waals surface area contributed by atoms with E-state index in [9.17, 15) is 17.9 Å². The summed E-state index contributed by atoms with van der Waals surface area (Å²) in [5, 5.41) is 9.87. The Bertz CT molecular complexity index is 610. The summed E-state index contributed by atoms with van der Waals surface area (Å²) in [4.78, 5) is -0.136. The highest BCUT2D eigenvalue weighted by molar-refractivity contribution is 7.89. The SMILES string of the molecule is CCC1(O)CN(S(=O)(=O)c2cc(N)cc(F)c2C)C1. The number of β-amino-alcohol motifs (C(OH)–C–C–N with tert-alkyl or cyclic N) is 1. The quantitative estimate of drug-likeness (QED) is 0.808. The number of nitrogen functional groups attached to an aromatic ring is 1. The fourth-order valence-corrected chi connectivity index (χ4v) is 3.95. The fourth-order valence-electron chi connectivity index (χ4n) is 2.08. The summed E-state index contributed by atoms with van der Waals surface area (Å²) in [5.41, 5.74) is 4.63. The molecule has 0 radical (unpaired) electrons. The molecule has 1 aliphatic heterocycles. The predicted molar refractivity (Wildman–Crippen MR) is 69.5 cm³/mol. The summed E-state index contributed by atoms with van der Waals surface area (Å²) in [6.07, 6.45) is 0.475. The van der Waals surface area contributed by atoms with Crippen molar-refractivity contribution in [3.63, 3.8) is 0 Å². The number of hydrogen-bond acceptors (Lipinski definition) is 4. The summed E-state index contributed by atoms with van der Waals surface area (Å²) < 4.78 is 39.4. The van der Waals surface area contributed by atoms with Gasteiger partial charge in [0, 0.05) is 24.3 Å². The minimum atomic E-state index is -3.81. The van der Waals surface area contributed by atoms with Crippen molar-refractivity contribution >= 4 is 15.7 Å². The lowest BCUT2D eigenvalue weighted by Gasteiger charge is -2.45. The number of hydrogen-bond donors (Lipinski definition) is 2. The highest BCUT2D eigenvalue weighted by Gasteiger charge is 2.46. The minimum Gasteiger partial charge on any atom is -0.399 e. The maximum Gasteiger partial charge on any atom is 0.243 e. The monoisotopic (exact) mass is 288 g/mol. The summed E-state index contributed by atoms with van der Waals surface area (Å²) >= 11 is 0. The van der Waals surface area contributed by atoms with Gasteiger partial charge in [0.1, 0.15) is 5.82 Å². The Kier molecular flexibility index (Phi) is 3.32. The Morgan fingerprint density at radius 3 is 2.58 bits per heavy atom. The van der Waals surface area contributed by atoms with E-state index in [1.807, 2.05) is 0 Å². The van der Waals surface area contributed by atoms with Gasteiger partial charge in [-0.1, -0.05) is 6.92 Å². The van der Waals surface area contributed by atoms with Crippen LogP contribution >= 0.6 is 0 Å². The smallest absolute Gasteiger partial charge is 0.243 e. The molecule has 7 heteroatoms. The van der Waals surface area contributed by atoms with E-state index in [2.05, 4.69) is 0 Å². The number of aliphatic hydroxyl groups is 1. The second-order valence-corrected chi connectivity index (χ2v) is 6.88. The first-order chi connectivity index (χ1) is 8.69. The van der Waals surface area contributed by atoms with Gasteiger partial charge in [0.25, 0.3) is 0 Å². The third kappa shape index (κ3) is 2.33. The Hall–Kier alpha value is -1.18. The second kappa shape index (κ2) is 4.43. The van der Waals surface area contributed by atoms with Crippen molar-refractivity contribution in [1.29, 1.82) is 0 Å². The standard InChI is InChI=1S/C12H17FN2O3S/c1-3-12(16)6-15(7-12)19(17,18)11-5-9(14)4-10(13)8(11)2/h4-5,16H,3,6-7,14H2,1-2H3. The third-order valence-corrected chi connectivity index (χ3v) is 5.45. The Labute approximate surface area is 111 Å². The van der Waals surface area contributed by atoms with Gasteiger partial charge in [-0.15, -0.1) is 0 Å². The predicted octanol–water partition coefficient (Wildman–Crippen LogP) is 0.862. The summed E-state index contributed by atoms with van der Waals surface area (Å²) in [5.74, 6) is -0.648. The number of nitrogens with zero attached hydrogens (tertiary/aromatic N) is 1. The van der Waals surface area contributed by atoms with Crippen LogP contribution in [0.2, 0.25) is 0 Å². The average Bonchev–Trinajstić information content (AvgIpc) is 2.29. The summed E-state index contributed by atoms with van der Waals surface area (Å²) in [7, 11) is -3.81. The second-order valence-electron chi connectivity index (χ2n) is 4.98. The van der Waals surface area contributed by atoms with Gasteiger partial charge in [-0.2, -0.15) is 4.31 Å². The zero-order valence-electron chi connectivity index (χ0n) is 10.9. The molecule has 1 fully saturated rings. The maximum absolute atomic E-state index is 13.6. The molecule has 0 unspecified atom stereocenters. The van der Waals surface area contributed by atoms with Crippen molar-refractivity contribution in [3.05, 3.63) is 23.5 Å². The van der Waals surface area contributed by atoms with Crippen LogP contribution in [0.25, 0.3) is 0 Å². The lowest BCUT2D eigenvalue weighted by Crippen LogP contribution is -2.62. The van der Waals surface area contributed by atoms with Crippen molar-refractivity contribution in [3.8, 4) is 0 Å². The molecule has 1 aromatic carbocycles. The molecule has 0 amide bonds. The molecule has 1 heterocycles. The van der Waals surface area contributed by atoms with Gasteiger partial charge < -0.3 is 10.8 Å². The number of rotatable bonds is 3. The van der Waals surface area contributed by atoms with Crippen LogP contribution in [0.15, 0.2) is 17.0 Å². The van der Waals surface area contributed by atoms with Crippen molar-refractivity contribution in [2.24, 2.45) is 0 Å². The molecule has 1 aliphatic rings. The number of sulfonamides is 1. The first-order valence-electron chi connectivity index (χ1n) is 5.98. The van der Waals surface area contributed by atoms with E-state index >= 15 is 0 Å². The van der Waals surface area contributed by atoms with Gasteiger partial charge in [-0.3, -0.25) is 0 Å². The number of anilines is 1. The molecule has 0 atom stereocenters. The zero-order valence-corrected chi connectivity index (χ0v) is 11.7. The van der Waals surface area contributed by atoms with E-state index in [0.717, 1.165) is 10.4 Å². The van der Waals surface area contributed by atoms with Gasteiger partial charge >= 0.3 is 0 Å². The van der Waals surface area contributed by atoms with Crippen molar-refractivity contribution < 1.29 is 17.9 Å². The molecular formula is C12H17FN2O3S. The van der Waals surface area contributed by atoms with Gasteiger partial charge in [0.2, 0.25) is 10.0 Å². The maximum atomic E-state index is 13.6. The topological polar surface area (TPSA) is 83.6 Å². The first-order valence-corrected chi connectivity index (χ1v) is 7.42. The van der Waals surface area contributed by atoms with Crippen LogP contribution in [0, 0.1) is 12.7 Å². The van der Waals surface area contributed by atoms with Crippen molar-refractivity contribution in [2.45, 2.75) is 30.8 Å². The molecule has 0 bridgehead atoms. The Morgan fingerprint density at radius 1 is 1.47 bits per heavy atom. The van der Waals surface area contributed by atoms with Crippen molar-refractivity contribution in [1.82, 2.24) is 4.31 Å². The molecule has 0 spiro atoms. The molecule has 1 saturated heterocycles. The van der Waals surface area contributed by atoms with Crippen LogP contribution in [-0.2, 0) is 10.0 Å². The minimum absolute atomic E-state index is 0.0295. The Morgan fingerprint density at radius 2 is 2.05 bits per heavy atom. The fraction of sp³-hybridized carbons (Fsp3) is 0.500. The highest BCUT2D eigenvalue weighted by Crippen LogP contribution is 2.32. The van der Waals surface area contributed by atoms with Gasteiger partial charge in [0.05, 0.1) is 10.5 Å². The molecule has 2 rings (SSSR count). The number of benzene rings is 1. The van der Waals surface area contributed by atoms with Crippen LogP contribution in [0.1, 0.15) is 18.9 Å². The highest BCUT2D eigenvalue weighted by atomic mass is 32.2. The van der Waals surface area contributed by atoms with E-state index in [1.165, 1.54) is 13.0 Å². The lowest BCUT2D eigenvalue weighted by atomic mass is 9.94. The van der Waals surface area contributed by atoms with Crippen LogP contribution in [0.5, 0.6) is 0 Å². The van der Waals surface area contributed by atoms with Crippen LogP contribution in [0.3, 0.4) is 0 Å². The Balaban J connectivity index is 2.37. The van der Waals surface area contributed by atoms with Gasteiger partial charge in [-0.25, -0.2) is 12.8 Å². The van der Waals surface area contributed by atoms with Gasteiger partial charge in [0.15, 0.2) is 0 Å². The summed E-state index contributed by atoms with van der Waals surface area (Å²) in [6, 6.07) is 2.34. The normalized spacial score (nSPS) is 19.2. The van der Waals surface area contributed by atoms with Crippen molar-refractivity contribution in [2.75, 3.05) is 18.8 Å². The van der Waals surface area contributed by atoms with Crippen LogP contribution in [-0.4, -0.2) is 36.5 Å². The van der Waals surface area contributed by atoms with E-state index in [-0.39, 0.29) is 29.2 Å². The van der Waals surface area contributed by atoms with Gasteiger partial charge in [-0.05, 0) is 25.5 Å². The number of nitrogens with two attached hydrogens (primary N) is 1. The van der Waals surface area contributed by atoms with E-state index in [1.54, 1.807) is 6.92 Å².